The van der Waals surface area contributed by atoms with Crippen molar-refractivity contribution in [2.45, 2.75) is 18.3 Å². The highest BCUT2D eigenvalue weighted by atomic mass is 79.9. The fourth-order valence-electron chi connectivity index (χ4n) is 2.90. The van der Waals surface area contributed by atoms with Crippen molar-refractivity contribution in [3.63, 3.8) is 0 Å². The third-order valence-corrected chi connectivity index (χ3v) is 5.00. The van der Waals surface area contributed by atoms with Crippen LogP contribution < -0.4 is 0 Å². The quantitative estimate of drug-likeness (QED) is 0.636. The van der Waals surface area contributed by atoms with Gasteiger partial charge >= 0.3 is 0 Å². The summed E-state index contributed by atoms with van der Waals surface area (Å²) >= 11 is 9.65. The molecule has 0 aliphatic heterocycles. The van der Waals surface area contributed by atoms with E-state index < -0.39 is 0 Å². The van der Waals surface area contributed by atoms with Crippen molar-refractivity contribution in [3.05, 3.63) is 70.7 Å². The third-order valence-electron chi connectivity index (χ3n) is 4.05. The van der Waals surface area contributed by atoms with Crippen LogP contribution in [0.4, 0.5) is 0 Å². The van der Waals surface area contributed by atoms with E-state index in [0.29, 0.717) is 5.92 Å². The first kappa shape index (κ1) is 13.2. The number of benzene rings is 2. The summed E-state index contributed by atoms with van der Waals surface area (Å²) in [5.74, 6) is 2.06. The van der Waals surface area contributed by atoms with Crippen LogP contribution in [0.15, 0.2) is 54.6 Å². The molecule has 3 atom stereocenters. The minimum Gasteiger partial charge on any atom is -0.0921 e. The van der Waals surface area contributed by atoms with Gasteiger partial charge in [0.1, 0.15) is 0 Å². The number of hydrogen-bond acceptors (Lipinski definition) is 0. The van der Waals surface area contributed by atoms with E-state index in [1.807, 2.05) is 12.1 Å². The Morgan fingerprint density at radius 2 is 1.74 bits per heavy atom. The van der Waals surface area contributed by atoms with Crippen molar-refractivity contribution in [1.29, 1.82) is 0 Å². The molecule has 0 radical (unpaired) electrons. The van der Waals surface area contributed by atoms with Crippen LogP contribution in [0.1, 0.15) is 29.4 Å². The van der Waals surface area contributed by atoms with E-state index in [0.717, 1.165) is 22.2 Å². The van der Waals surface area contributed by atoms with Crippen LogP contribution in [-0.2, 0) is 0 Å². The molecule has 19 heavy (non-hydrogen) atoms. The van der Waals surface area contributed by atoms with E-state index in [1.54, 1.807) is 0 Å². The van der Waals surface area contributed by atoms with Crippen LogP contribution in [0.5, 0.6) is 0 Å². The van der Waals surface area contributed by atoms with Gasteiger partial charge in [-0.15, -0.1) is 0 Å². The van der Waals surface area contributed by atoms with Gasteiger partial charge in [0.15, 0.2) is 0 Å². The largest absolute Gasteiger partial charge is 0.0921 e. The predicted molar refractivity (Wildman–Crippen MR) is 85.3 cm³/mol. The van der Waals surface area contributed by atoms with Crippen molar-refractivity contribution in [1.82, 2.24) is 0 Å². The Balaban J connectivity index is 1.77. The van der Waals surface area contributed by atoms with Crippen LogP contribution in [0, 0.1) is 5.92 Å². The van der Waals surface area contributed by atoms with Gasteiger partial charge in [-0.1, -0.05) is 70.0 Å². The fourth-order valence-corrected chi connectivity index (χ4v) is 3.88. The lowest BCUT2D eigenvalue weighted by Gasteiger charge is -2.15. The molecule has 1 aliphatic carbocycles. The van der Waals surface area contributed by atoms with E-state index >= 15 is 0 Å². The molecule has 1 aliphatic rings. The van der Waals surface area contributed by atoms with E-state index in [2.05, 4.69) is 58.4 Å². The van der Waals surface area contributed by atoms with Crippen LogP contribution in [0.25, 0.3) is 0 Å². The van der Waals surface area contributed by atoms with Crippen LogP contribution >= 0.6 is 27.5 Å². The van der Waals surface area contributed by atoms with Gasteiger partial charge in [-0.25, -0.2) is 0 Å². The molecule has 2 aromatic carbocycles. The molecule has 0 aromatic heterocycles. The molecule has 3 rings (SSSR count). The van der Waals surface area contributed by atoms with E-state index in [-0.39, 0.29) is 0 Å². The average Bonchev–Trinajstić information content (AvgIpc) is 3.23. The average molecular weight is 336 g/mol. The highest BCUT2D eigenvalue weighted by molar-refractivity contribution is 9.09. The molecule has 1 saturated carbocycles. The maximum atomic E-state index is 5.97. The fraction of sp³-hybridized carbons (Fsp3) is 0.294. The summed E-state index contributed by atoms with van der Waals surface area (Å²) in [7, 11) is 0. The molecule has 1 fully saturated rings. The molecular weight excluding hydrogens is 320 g/mol. The summed E-state index contributed by atoms with van der Waals surface area (Å²) in [5.41, 5.74) is 2.87. The van der Waals surface area contributed by atoms with Crippen molar-refractivity contribution >= 4 is 27.5 Å². The summed E-state index contributed by atoms with van der Waals surface area (Å²) in [5, 5.41) is 1.83. The van der Waals surface area contributed by atoms with Crippen LogP contribution in [-0.4, -0.2) is 5.33 Å². The molecule has 2 aromatic rings. The zero-order valence-electron chi connectivity index (χ0n) is 10.6. The molecule has 0 bridgehead atoms. The zero-order chi connectivity index (χ0) is 13.2. The summed E-state index contributed by atoms with van der Waals surface area (Å²) in [6.45, 7) is 0. The van der Waals surface area contributed by atoms with Gasteiger partial charge in [0.2, 0.25) is 0 Å². The van der Waals surface area contributed by atoms with E-state index in [4.69, 9.17) is 11.6 Å². The van der Waals surface area contributed by atoms with Gasteiger partial charge < -0.3 is 0 Å². The minimum absolute atomic E-state index is 0.586. The molecular formula is C17H16BrCl. The second kappa shape index (κ2) is 5.68. The summed E-state index contributed by atoms with van der Waals surface area (Å²) in [6, 6.07) is 19.2. The summed E-state index contributed by atoms with van der Waals surface area (Å²) in [6.07, 6.45) is 1.29. The van der Waals surface area contributed by atoms with Crippen molar-refractivity contribution in [3.8, 4) is 0 Å². The minimum atomic E-state index is 0.586. The molecule has 0 saturated heterocycles. The molecule has 0 N–H and O–H groups in total. The van der Waals surface area contributed by atoms with E-state index in [9.17, 15) is 0 Å². The molecule has 2 heteroatoms. The Bertz CT molecular complexity index is 535. The van der Waals surface area contributed by atoms with Gasteiger partial charge in [-0.05, 0) is 47.4 Å². The lowest BCUT2D eigenvalue weighted by molar-refractivity contribution is 0.656. The molecule has 98 valence electrons. The Labute approximate surface area is 127 Å². The predicted octanol–water partition coefficient (Wildman–Crippen LogP) is 5.62. The Kier molecular flexibility index (Phi) is 3.95. The first-order valence-corrected chi connectivity index (χ1v) is 8.16. The van der Waals surface area contributed by atoms with E-state index in [1.165, 1.54) is 17.5 Å². The number of alkyl halides is 1. The van der Waals surface area contributed by atoms with Crippen LogP contribution in [0.2, 0.25) is 5.02 Å². The monoisotopic (exact) mass is 334 g/mol. The molecule has 0 heterocycles. The van der Waals surface area contributed by atoms with Crippen molar-refractivity contribution in [2.24, 2.45) is 5.92 Å². The highest BCUT2D eigenvalue weighted by Gasteiger charge is 2.43. The Morgan fingerprint density at radius 1 is 1.05 bits per heavy atom. The first-order valence-electron chi connectivity index (χ1n) is 6.66. The Hall–Kier alpha value is -0.790. The zero-order valence-corrected chi connectivity index (χ0v) is 12.9. The topological polar surface area (TPSA) is 0 Å². The number of rotatable bonds is 4. The maximum Gasteiger partial charge on any atom is 0.0406 e. The smallest absolute Gasteiger partial charge is 0.0406 e. The second-order valence-electron chi connectivity index (χ2n) is 5.23. The summed E-state index contributed by atoms with van der Waals surface area (Å²) < 4.78 is 0. The van der Waals surface area contributed by atoms with Crippen molar-refractivity contribution in [2.75, 3.05) is 5.33 Å². The van der Waals surface area contributed by atoms with Crippen LogP contribution in [0.3, 0.4) is 0 Å². The first-order chi connectivity index (χ1) is 9.29. The lowest BCUT2D eigenvalue weighted by atomic mass is 9.93. The van der Waals surface area contributed by atoms with Gasteiger partial charge in [0, 0.05) is 10.4 Å². The number of hydrogen-bond donors (Lipinski definition) is 0. The highest BCUT2D eigenvalue weighted by Crippen LogP contribution is 2.55. The molecule has 0 nitrogen and oxygen atoms in total. The number of halogens is 2. The summed E-state index contributed by atoms with van der Waals surface area (Å²) in [4.78, 5) is 0. The normalized spacial score (nSPS) is 23.1. The van der Waals surface area contributed by atoms with Gasteiger partial charge in [-0.3, -0.25) is 0 Å². The molecule has 0 spiro atoms. The second-order valence-corrected chi connectivity index (χ2v) is 6.31. The van der Waals surface area contributed by atoms with Gasteiger partial charge in [0.25, 0.3) is 0 Å². The maximum absolute atomic E-state index is 5.97. The van der Waals surface area contributed by atoms with Crippen molar-refractivity contribution < 1.29 is 0 Å². The molecule has 3 unspecified atom stereocenters. The standard InChI is InChI=1S/C17H16BrCl/c18-11-17(13-6-8-14(19)9-7-13)16-10-15(16)12-4-2-1-3-5-12/h1-9,15-17H,10-11H2. The SMILES string of the molecule is Clc1ccc(C(CBr)C2CC2c2ccccc2)cc1. The van der Waals surface area contributed by atoms with Gasteiger partial charge in [0.05, 0.1) is 0 Å². The van der Waals surface area contributed by atoms with Gasteiger partial charge in [-0.2, -0.15) is 0 Å². The molecule has 0 amide bonds. The Morgan fingerprint density at radius 3 is 2.37 bits per heavy atom. The third kappa shape index (κ3) is 2.88. The lowest BCUT2D eigenvalue weighted by Crippen LogP contribution is -2.04.